The van der Waals surface area contributed by atoms with Crippen molar-refractivity contribution >= 4 is 17.5 Å². The highest BCUT2D eigenvalue weighted by molar-refractivity contribution is 5.92. The Bertz CT molecular complexity index is 738. The van der Waals surface area contributed by atoms with Gasteiger partial charge < -0.3 is 15.1 Å². The lowest BCUT2D eigenvalue weighted by atomic mass is 10.1. The first-order chi connectivity index (χ1) is 11.5. The smallest absolute Gasteiger partial charge is 0.272 e. The van der Waals surface area contributed by atoms with E-state index >= 15 is 0 Å². The molecule has 1 aromatic carbocycles. The first kappa shape index (κ1) is 16.4. The second-order valence-corrected chi connectivity index (χ2v) is 6.29. The van der Waals surface area contributed by atoms with Gasteiger partial charge in [-0.3, -0.25) is 4.79 Å². The number of rotatable bonds is 3. The summed E-state index contributed by atoms with van der Waals surface area (Å²) in [6, 6.07) is 7.76. The molecule has 1 saturated heterocycles. The molecule has 0 bridgehead atoms. The Morgan fingerprint density at radius 2 is 1.83 bits per heavy atom. The second kappa shape index (κ2) is 6.97. The van der Waals surface area contributed by atoms with E-state index in [2.05, 4.69) is 47.1 Å². The fraction of sp³-hybridized carbons (Fsp3) is 0.389. The maximum atomic E-state index is 12.6. The molecule has 0 atom stereocenters. The lowest BCUT2D eigenvalue weighted by Gasteiger charge is -2.32. The number of carbonyl (C=O) groups excluding carboxylic acids is 1. The molecule has 6 heteroatoms. The third kappa shape index (κ3) is 3.71. The molecule has 3 rings (SSSR count). The van der Waals surface area contributed by atoms with Crippen LogP contribution in [0.25, 0.3) is 0 Å². The molecule has 2 aromatic rings. The Morgan fingerprint density at radius 1 is 1.08 bits per heavy atom. The van der Waals surface area contributed by atoms with Gasteiger partial charge in [0.05, 0.1) is 0 Å². The normalized spacial score (nSPS) is 15.4. The molecule has 1 aromatic heterocycles. The van der Waals surface area contributed by atoms with E-state index in [4.69, 9.17) is 0 Å². The summed E-state index contributed by atoms with van der Waals surface area (Å²) < 4.78 is 0. The maximum absolute atomic E-state index is 12.6. The van der Waals surface area contributed by atoms with E-state index in [0.29, 0.717) is 11.6 Å². The zero-order chi connectivity index (χ0) is 17.1. The third-order valence-electron chi connectivity index (χ3n) is 4.43. The number of amides is 1. The SMILES string of the molecule is Cc1ccc(Nc2nccc(C(=O)N3CCN(C)CC3)n2)cc1C. The minimum Gasteiger partial charge on any atom is -0.335 e. The monoisotopic (exact) mass is 325 g/mol. The first-order valence-electron chi connectivity index (χ1n) is 8.18. The van der Waals surface area contributed by atoms with E-state index < -0.39 is 0 Å². The van der Waals surface area contributed by atoms with E-state index in [1.54, 1.807) is 12.3 Å². The Hall–Kier alpha value is -2.47. The molecule has 0 radical (unpaired) electrons. The summed E-state index contributed by atoms with van der Waals surface area (Å²) in [4.78, 5) is 25.3. The van der Waals surface area contributed by atoms with Crippen molar-refractivity contribution in [3.8, 4) is 0 Å². The minimum atomic E-state index is -0.0337. The number of anilines is 2. The molecule has 0 aliphatic carbocycles. The van der Waals surface area contributed by atoms with Gasteiger partial charge in [0.25, 0.3) is 5.91 Å². The third-order valence-corrected chi connectivity index (χ3v) is 4.43. The van der Waals surface area contributed by atoms with E-state index in [1.165, 1.54) is 11.1 Å². The largest absolute Gasteiger partial charge is 0.335 e. The van der Waals surface area contributed by atoms with Crippen molar-refractivity contribution < 1.29 is 4.79 Å². The molecular formula is C18H23N5O. The van der Waals surface area contributed by atoms with Gasteiger partial charge in [0.15, 0.2) is 0 Å². The lowest BCUT2D eigenvalue weighted by Crippen LogP contribution is -2.47. The van der Waals surface area contributed by atoms with Gasteiger partial charge in [0.1, 0.15) is 5.69 Å². The molecule has 1 fully saturated rings. The fourth-order valence-electron chi connectivity index (χ4n) is 2.66. The molecule has 1 aliphatic rings. The molecule has 0 unspecified atom stereocenters. The van der Waals surface area contributed by atoms with E-state index in [1.807, 2.05) is 17.0 Å². The second-order valence-electron chi connectivity index (χ2n) is 6.29. The molecule has 126 valence electrons. The summed E-state index contributed by atoms with van der Waals surface area (Å²) in [6.45, 7) is 7.40. The number of hydrogen-bond donors (Lipinski definition) is 1. The average Bonchev–Trinajstić information content (AvgIpc) is 2.58. The van der Waals surface area contributed by atoms with Gasteiger partial charge in [-0.05, 0) is 50.2 Å². The van der Waals surface area contributed by atoms with Gasteiger partial charge in [-0.15, -0.1) is 0 Å². The Kier molecular flexibility index (Phi) is 4.76. The number of piperazine rings is 1. The van der Waals surface area contributed by atoms with Crippen LogP contribution in [0.3, 0.4) is 0 Å². The van der Waals surface area contributed by atoms with Gasteiger partial charge in [0.2, 0.25) is 5.95 Å². The molecule has 6 nitrogen and oxygen atoms in total. The number of aryl methyl sites for hydroxylation is 2. The maximum Gasteiger partial charge on any atom is 0.272 e. The molecule has 0 saturated carbocycles. The lowest BCUT2D eigenvalue weighted by molar-refractivity contribution is 0.0658. The molecule has 2 heterocycles. The van der Waals surface area contributed by atoms with Crippen molar-refractivity contribution in [2.24, 2.45) is 0 Å². The summed E-state index contributed by atoms with van der Waals surface area (Å²) in [5.74, 6) is 0.409. The van der Waals surface area contributed by atoms with Gasteiger partial charge in [-0.25, -0.2) is 9.97 Å². The van der Waals surface area contributed by atoms with Gasteiger partial charge >= 0.3 is 0 Å². The number of aromatic nitrogens is 2. The highest BCUT2D eigenvalue weighted by Crippen LogP contribution is 2.17. The predicted molar refractivity (Wildman–Crippen MR) is 94.6 cm³/mol. The van der Waals surface area contributed by atoms with E-state index in [9.17, 15) is 4.79 Å². The molecule has 24 heavy (non-hydrogen) atoms. The molecule has 0 spiro atoms. The summed E-state index contributed by atoms with van der Waals surface area (Å²) in [6.07, 6.45) is 1.62. The van der Waals surface area contributed by atoms with Crippen LogP contribution in [0.5, 0.6) is 0 Å². The Morgan fingerprint density at radius 3 is 2.54 bits per heavy atom. The van der Waals surface area contributed by atoms with Crippen molar-refractivity contribution in [2.75, 3.05) is 38.5 Å². The molecule has 1 amide bonds. The molecule has 1 aliphatic heterocycles. The summed E-state index contributed by atoms with van der Waals surface area (Å²) >= 11 is 0. The van der Waals surface area contributed by atoms with E-state index in [-0.39, 0.29) is 5.91 Å². The number of benzene rings is 1. The zero-order valence-electron chi connectivity index (χ0n) is 14.4. The van der Waals surface area contributed by atoms with E-state index in [0.717, 1.165) is 31.9 Å². The van der Waals surface area contributed by atoms with Crippen LogP contribution in [0.15, 0.2) is 30.5 Å². The quantitative estimate of drug-likeness (QED) is 0.937. The van der Waals surface area contributed by atoms with Crippen molar-refractivity contribution in [3.05, 3.63) is 47.3 Å². The number of nitrogens with one attached hydrogen (secondary N) is 1. The van der Waals surface area contributed by atoms with Crippen LogP contribution in [-0.2, 0) is 0 Å². The summed E-state index contributed by atoms with van der Waals surface area (Å²) in [5, 5.41) is 3.18. The topological polar surface area (TPSA) is 61.4 Å². The highest BCUT2D eigenvalue weighted by Gasteiger charge is 2.21. The van der Waals surface area contributed by atoms with Gasteiger partial charge in [-0.2, -0.15) is 0 Å². The van der Waals surface area contributed by atoms with Gasteiger partial charge in [-0.1, -0.05) is 6.07 Å². The van der Waals surface area contributed by atoms with Crippen molar-refractivity contribution in [1.29, 1.82) is 0 Å². The first-order valence-corrected chi connectivity index (χ1v) is 8.18. The molecule has 1 N–H and O–H groups in total. The van der Waals surface area contributed by atoms with Crippen LogP contribution >= 0.6 is 0 Å². The Labute approximate surface area is 142 Å². The highest BCUT2D eigenvalue weighted by atomic mass is 16.2. The average molecular weight is 325 g/mol. The molecular weight excluding hydrogens is 302 g/mol. The number of likely N-dealkylation sites (N-methyl/N-ethyl adjacent to an activating group) is 1. The number of hydrogen-bond acceptors (Lipinski definition) is 5. The van der Waals surface area contributed by atoms with Crippen molar-refractivity contribution in [3.63, 3.8) is 0 Å². The van der Waals surface area contributed by atoms with Crippen LogP contribution in [-0.4, -0.2) is 58.9 Å². The fourth-order valence-corrected chi connectivity index (χ4v) is 2.66. The van der Waals surface area contributed by atoms with Crippen LogP contribution in [0.4, 0.5) is 11.6 Å². The number of carbonyl (C=O) groups is 1. The zero-order valence-corrected chi connectivity index (χ0v) is 14.4. The van der Waals surface area contributed by atoms with Crippen LogP contribution in [0.2, 0.25) is 0 Å². The Balaban J connectivity index is 1.73. The number of nitrogens with zero attached hydrogens (tertiary/aromatic N) is 4. The van der Waals surface area contributed by atoms with Gasteiger partial charge in [0, 0.05) is 38.1 Å². The van der Waals surface area contributed by atoms with Crippen molar-refractivity contribution in [2.45, 2.75) is 13.8 Å². The predicted octanol–water partition coefficient (Wildman–Crippen LogP) is 2.22. The van der Waals surface area contributed by atoms with Crippen LogP contribution < -0.4 is 5.32 Å². The standard InChI is InChI=1S/C18H23N5O/c1-13-4-5-15(12-14(13)2)20-18-19-7-6-16(21-18)17(24)23-10-8-22(3)9-11-23/h4-7,12H,8-11H2,1-3H3,(H,19,20,21). The van der Waals surface area contributed by atoms with Crippen molar-refractivity contribution in [1.82, 2.24) is 19.8 Å². The van der Waals surface area contributed by atoms with Crippen LogP contribution in [0.1, 0.15) is 21.6 Å². The summed E-state index contributed by atoms with van der Waals surface area (Å²) in [5.41, 5.74) is 3.79. The van der Waals surface area contributed by atoms with Crippen LogP contribution in [0, 0.1) is 13.8 Å². The minimum absolute atomic E-state index is 0.0337. The summed E-state index contributed by atoms with van der Waals surface area (Å²) in [7, 11) is 2.07.